The Kier molecular flexibility index (Phi) is 5.36. The van der Waals surface area contributed by atoms with Crippen molar-refractivity contribution in [2.24, 2.45) is 0 Å². The second-order valence-electron chi connectivity index (χ2n) is 4.60. The maximum atomic E-state index is 12.3. The molecule has 1 saturated heterocycles. The number of hydrogen-bond acceptors (Lipinski definition) is 4. The summed E-state index contributed by atoms with van der Waals surface area (Å²) >= 11 is 0. The van der Waals surface area contributed by atoms with Crippen LogP contribution in [-0.4, -0.2) is 38.8 Å². The van der Waals surface area contributed by atoms with Crippen molar-refractivity contribution in [2.45, 2.75) is 25.4 Å². The summed E-state index contributed by atoms with van der Waals surface area (Å²) in [5, 5.41) is 0. The fourth-order valence-corrected chi connectivity index (χ4v) is 2.18. The smallest absolute Gasteiger partial charge is 0.169 e. The Bertz CT molecular complexity index is 410. The van der Waals surface area contributed by atoms with Crippen LogP contribution >= 0.6 is 0 Å². The Morgan fingerprint density at radius 1 is 1.37 bits per heavy atom. The van der Waals surface area contributed by atoms with Gasteiger partial charge in [0.05, 0.1) is 18.3 Å². The number of carbonyl (C=O) groups is 1. The molecule has 0 radical (unpaired) electrons. The third-order valence-electron chi connectivity index (χ3n) is 3.17. The van der Waals surface area contributed by atoms with E-state index in [1.807, 2.05) is 18.2 Å². The van der Waals surface area contributed by atoms with E-state index in [0.29, 0.717) is 30.9 Å². The van der Waals surface area contributed by atoms with Crippen molar-refractivity contribution < 1.29 is 19.0 Å². The highest BCUT2D eigenvalue weighted by Crippen LogP contribution is 2.23. The lowest BCUT2D eigenvalue weighted by atomic mass is 10.0. The van der Waals surface area contributed by atoms with Gasteiger partial charge >= 0.3 is 0 Å². The van der Waals surface area contributed by atoms with Gasteiger partial charge in [-0.3, -0.25) is 4.79 Å². The summed E-state index contributed by atoms with van der Waals surface area (Å²) in [5.74, 6) is 0.711. The van der Waals surface area contributed by atoms with Crippen LogP contribution in [-0.2, 0) is 9.47 Å². The summed E-state index contributed by atoms with van der Waals surface area (Å²) in [6.07, 6.45) is 2.52. The molecule has 0 aromatic heterocycles. The topological polar surface area (TPSA) is 44.8 Å². The van der Waals surface area contributed by atoms with Crippen molar-refractivity contribution in [1.82, 2.24) is 0 Å². The largest absolute Gasteiger partial charge is 0.490 e. The molecule has 1 fully saturated rings. The standard InChI is InChI=1S/C15H20O4/c1-17-9-10-19-15-7-3-2-6-13(15)14(16)11-12-5-4-8-18-12/h2-3,6-7,12H,4-5,8-11H2,1H3. The lowest BCUT2D eigenvalue weighted by molar-refractivity contribution is 0.0770. The van der Waals surface area contributed by atoms with Crippen LogP contribution in [0.5, 0.6) is 5.75 Å². The predicted molar refractivity (Wildman–Crippen MR) is 71.7 cm³/mol. The van der Waals surface area contributed by atoms with Crippen molar-refractivity contribution in [2.75, 3.05) is 26.9 Å². The maximum absolute atomic E-state index is 12.3. The summed E-state index contributed by atoms with van der Waals surface area (Å²) in [5.41, 5.74) is 0.633. The minimum Gasteiger partial charge on any atom is -0.490 e. The zero-order valence-electron chi connectivity index (χ0n) is 11.3. The first-order valence-electron chi connectivity index (χ1n) is 6.67. The number of methoxy groups -OCH3 is 1. The Hall–Kier alpha value is -1.39. The van der Waals surface area contributed by atoms with Gasteiger partial charge in [0, 0.05) is 20.1 Å². The number of benzene rings is 1. The summed E-state index contributed by atoms with van der Waals surface area (Å²) < 4.78 is 16.0. The zero-order valence-corrected chi connectivity index (χ0v) is 11.3. The number of ether oxygens (including phenoxy) is 3. The third kappa shape index (κ3) is 4.04. The quantitative estimate of drug-likeness (QED) is 0.560. The molecule has 0 amide bonds. The molecule has 0 spiro atoms. The van der Waals surface area contributed by atoms with Gasteiger partial charge in [0.2, 0.25) is 0 Å². The summed E-state index contributed by atoms with van der Waals surface area (Å²) in [6, 6.07) is 7.34. The van der Waals surface area contributed by atoms with E-state index in [1.54, 1.807) is 13.2 Å². The first kappa shape index (κ1) is 14.0. The fourth-order valence-electron chi connectivity index (χ4n) is 2.18. The molecule has 1 aliphatic heterocycles. The van der Waals surface area contributed by atoms with Crippen LogP contribution in [0.2, 0.25) is 0 Å². The van der Waals surface area contributed by atoms with Gasteiger partial charge < -0.3 is 14.2 Å². The average molecular weight is 264 g/mol. The maximum Gasteiger partial charge on any atom is 0.169 e. The van der Waals surface area contributed by atoms with Crippen LogP contribution in [0.4, 0.5) is 0 Å². The highest BCUT2D eigenvalue weighted by molar-refractivity contribution is 5.98. The number of Topliss-reactive ketones (excluding diaryl/α,β-unsaturated/α-hetero) is 1. The molecule has 1 aromatic carbocycles. The van der Waals surface area contributed by atoms with Gasteiger partial charge in [0.15, 0.2) is 5.78 Å². The highest BCUT2D eigenvalue weighted by Gasteiger charge is 2.21. The van der Waals surface area contributed by atoms with Gasteiger partial charge in [0.1, 0.15) is 12.4 Å². The van der Waals surface area contributed by atoms with Crippen LogP contribution in [0.3, 0.4) is 0 Å². The van der Waals surface area contributed by atoms with Crippen molar-refractivity contribution in [3.8, 4) is 5.75 Å². The number of para-hydroxylation sites is 1. The van der Waals surface area contributed by atoms with E-state index in [1.165, 1.54) is 0 Å². The van der Waals surface area contributed by atoms with Crippen molar-refractivity contribution in [1.29, 1.82) is 0 Å². The molecular weight excluding hydrogens is 244 g/mol. The molecule has 1 unspecified atom stereocenters. The van der Waals surface area contributed by atoms with Crippen LogP contribution < -0.4 is 4.74 Å². The Labute approximate surface area is 113 Å². The van der Waals surface area contributed by atoms with Crippen molar-refractivity contribution in [3.05, 3.63) is 29.8 Å². The molecule has 0 N–H and O–H groups in total. The van der Waals surface area contributed by atoms with Crippen LogP contribution in [0.25, 0.3) is 0 Å². The van der Waals surface area contributed by atoms with E-state index < -0.39 is 0 Å². The number of rotatable bonds is 7. The monoisotopic (exact) mass is 264 g/mol. The predicted octanol–water partition coefficient (Wildman–Crippen LogP) is 2.46. The molecular formula is C15H20O4. The Morgan fingerprint density at radius 2 is 2.21 bits per heavy atom. The van der Waals surface area contributed by atoms with E-state index in [4.69, 9.17) is 14.2 Å². The number of ketones is 1. The molecule has 0 saturated carbocycles. The van der Waals surface area contributed by atoms with E-state index in [0.717, 1.165) is 19.4 Å². The molecule has 4 heteroatoms. The van der Waals surface area contributed by atoms with E-state index >= 15 is 0 Å². The number of carbonyl (C=O) groups excluding carboxylic acids is 1. The van der Waals surface area contributed by atoms with Crippen molar-refractivity contribution >= 4 is 5.78 Å². The summed E-state index contributed by atoms with van der Waals surface area (Å²) in [6.45, 7) is 1.72. The molecule has 1 aliphatic rings. The molecule has 1 aromatic rings. The molecule has 1 heterocycles. The Morgan fingerprint density at radius 3 is 2.95 bits per heavy atom. The SMILES string of the molecule is COCCOc1ccccc1C(=O)CC1CCCO1. The van der Waals surface area contributed by atoms with Crippen molar-refractivity contribution in [3.63, 3.8) is 0 Å². The van der Waals surface area contributed by atoms with Gasteiger partial charge in [-0.1, -0.05) is 12.1 Å². The molecule has 4 nitrogen and oxygen atoms in total. The van der Waals surface area contributed by atoms with Gasteiger partial charge in [-0.15, -0.1) is 0 Å². The molecule has 19 heavy (non-hydrogen) atoms. The lowest BCUT2D eigenvalue weighted by Gasteiger charge is -2.12. The van der Waals surface area contributed by atoms with Gasteiger partial charge in [-0.05, 0) is 25.0 Å². The zero-order chi connectivity index (χ0) is 13.5. The Balaban J connectivity index is 1.98. The molecule has 1 atom stereocenters. The van der Waals surface area contributed by atoms with Crippen LogP contribution in [0.15, 0.2) is 24.3 Å². The minimum absolute atomic E-state index is 0.0690. The van der Waals surface area contributed by atoms with E-state index in [2.05, 4.69) is 0 Å². The van der Waals surface area contributed by atoms with Gasteiger partial charge in [0.25, 0.3) is 0 Å². The van der Waals surface area contributed by atoms with Gasteiger partial charge in [-0.2, -0.15) is 0 Å². The third-order valence-corrected chi connectivity index (χ3v) is 3.17. The average Bonchev–Trinajstić information content (AvgIpc) is 2.92. The first-order chi connectivity index (χ1) is 9.31. The summed E-state index contributed by atoms with van der Waals surface area (Å²) in [7, 11) is 1.62. The summed E-state index contributed by atoms with van der Waals surface area (Å²) in [4.78, 5) is 12.3. The molecule has 2 rings (SSSR count). The van der Waals surface area contributed by atoms with Gasteiger partial charge in [-0.25, -0.2) is 0 Å². The first-order valence-corrected chi connectivity index (χ1v) is 6.67. The van der Waals surface area contributed by atoms with E-state index in [9.17, 15) is 4.79 Å². The molecule has 104 valence electrons. The second-order valence-corrected chi connectivity index (χ2v) is 4.60. The molecule has 0 aliphatic carbocycles. The second kappa shape index (κ2) is 7.26. The number of hydrogen-bond donors (Lipinski definition) is 0. The van der Waals surface area contributed by atoms with E-state index in [-0.39, 0.29) is 11.9 Å². The minimum atomic E-state index is 0.0690. The van der Waals surface area contributed by atoms with Crippen LogP contribution in [0.1, 0.15) is 29.6 Å². The van der Waals surface area contributed by atoms with Crippen LogP contribution in [0, 0.1) is 0 Å². The normalized spacial score (nSPS) is 18.5. The lowest BCUT2D eigenvalue weighted by Crippen LogP contribution is -2.14. The molecule has 0 bridgehead atoms. The fraction of sp³-hybridized carbons (Fsp3) is 0.533. The highest BCUT2D eigenvalue weighted by atomic mass is 16.5.